The quantitative estimate of drug-likeness (QED) is 0.650. The van der Waals surface area contributed by atoms with Gasteiger partial charge in [-0.25, -0.2) is 4.79 Å². The second-order valence-corrected chi connectivity index (χ2v) is 7.96. The highest BCUT2D eigenvalue weighted by Gasteiger charge is 2.24. The number of nitrogens with one attached hydrogen (secondary N) is 1. The van der Waals surface area contributed by atoms with Crippen LogP contribution in [0.4, 0.5) is 5.69 Å². The first-order valence-electron chi connectivity index (χ1n) is 9.66. The highest BCUT2D eigenvalue weighted by molar-refractivity contribution is 7.04. The van der Waals surface area contributed by atoms with E-state index in [1.807, 2.05) is 24.4 Å². The third-order valence-corrected chi connectivity index (χ3v) is 6.05. The topological polar surface area (TPSA) is 71.5 Å². The standard InChI is InChI=1S/C21H27N3O3S/c1-4-15(20(25)23-17-11-22-28-13-17)7-9-24(3)10-8-16-5-6-18-19(14(16)2)12-27-21(18)26/h5-6,11,13,15H,4,7-10,12H2,1-3H3,(H,23,25). The molecule has 1 aliphatic rings. The summed E-state index contributed by atoms with van der Waals surface area (Å²) in [6, 6.07) is 3.91. The number of rotatable bonds is 9. The van der Waals surface area contributed by atoms with Gasteiger partial charge >= 0.3 is 5.97 Å². The number of carbonyl (C=O) groups is 2. The molecule has 1 N–H and O–H groups in total. The molecule has 0 bridgehead atoms. The molecule has 1 unspecified atom stereocenters. The third kappa shape index (κ3) is 4.77. The molecule has 0 saturated heterocycles. The maximum atomic E-state index is 12.4. The molecule has 6 nitrogen and oxygen atoms in total. The Hall–Kier alpha value is -2.25. The molecular formula is C21H27N3O3S. The zero-order valence-electron chi connectivity index (χ0n) is 16.7. The lowest BCUT2D eigenvalue weighted by molar-refractivity contribution is -0.120. The lowest BCUT2D eigenvalue weighted by Crippen LogP contribution is -2.29. The van der Waals surface area contributed by atoms with Crippen LogP contribution in [0, 0.1) is 12.8 Å². The summed E-state index contributed by atoms with van der Waals surface area (Å²) in [6.07, 6.45) is 4.23. The third-order valence-electron chi connectivity index (χ3n) is 5.46. The molecule has 1 aliphatic heterocycles. The molecule has 1 amide bonds. The Kier molecular flexibility index (Phi) is 6.80. The van der Waals surface area contributed by atoms with Gasteiger partial charge in [-0.2, -0.15) is 4.37 Å². The molecule has 0 spiro atoms. The van der Waals surface area contributed by atoms with Crippen molar-refractivity contribution in [2.24, 2.45) is 5.92 Å². The molecule has 28 heavy (non-hydrogen) atoms. The van der Waals surface area contributed by atoms with E-state index in [2.05, 4.69) is 28.6 Å². The molecular weight excluding hydrogens is 374 g/mol. The van der Waals surface area contributed by atoms with Gasteiger partial charge in [0.25, 0.3) is 0 Å². The van der Waals surface area contributed by atoms with Gasteiger partial charge < -0.3 is 15.0 Å². The van der Waals surface area contributed by atoms with Crippen molar-refractivity contribution in [2.45, 2.75) is 39.7 Å². The number of anilines is 1. The predicted octanol–water partition coefficient (Wildman–Crippen LogP) is 3.65. The van der Waals surface area contributed by atoms with Gasteiger partial charge in [-0.05, 0) is 68.5 Å². The van der Waals surface area contributed by atoms with Crippen molar-refractivity contribution in [2.75, 3.05) is 25.5 Å². The highest BCUT2D eigenvalue weighted by atomic mass is 32.1. The molecule has 2 aromatic rings. The number of aromatic nitrogens is 1. The van der Waals surface area contributed by atoms with E-state index < -0.39 is 0 Å². The summed E-state index contributed by atoms with van der Waals surface area (Å²) in [4.78, 5) is 26.3. The fourth-order valence-corrected chi connectivity index (χ4v) is 3.97. The van der Waals surface area contributed by atoms with Gasteiger partial charge in [0.1, 0.15) is 6.61 Å². The van der Waals surface area contributed by atoms with E-state index in [0.29, 0.717) is 12.2 Å². The molecule has 1 aromatic carbocycles. The van der Waals surface area contributed by atoms with Crippen LogP contribution >= 0.6 is 11.5 Å². The maximum absolute atomic E-state index is 12.4. The van der Waals surface area contributed by atoms with Crippen molar-refractivity contribution in [1.29, 1.82) is 0 Å². The van der Waals surface area contributed by atoms with Gasteiger partial charge in [-0.3, -0.25) is 4.79 Å². The Labute approximate surface area is 170 Å². The Bertz CT molecular complexity index is 836. The molecule has 0 aliphatic carbocycles. The van der Waals surface area contributed by atoms with E-state index in [4.69, 9.17) is 4.74 Å². The normalized spacial score (nSPS) is 14.1. The Morgan fingerprint density at radius 3 is 2.93 bits per heavy atom. The summed E-state index contributed by atoms with van der Waals surface area (Å²) in [5.41, 5.74) is 4.91. The number of hydrogen-bond acceptors (Lipinski definition) is 6. The van der Waals surface area contributed by atoms with Gasteiger partial charge in [0.05, 0.1) is 17.4 Å². The number of likely N-dealkylation sites (N-methyl/N-ethyl adjacent to an activating group) is 1. The minimum atomic E-state index is -0.219. The Morgan fingerprint density at radius 1 is 1.39 bits per heavy atom. The number of amides is 1. The van der Waals surface area contributed by atoms with Crippen LogP contribution in [0.15, 0.2) is 23.7 Å². The molecule has 0 radical (unpaired) electrons. The smallest absolute Gasteiger partial charge is 0.338 e. The molecule has 0 saturated carbocycles. The second-order valence-electron chi connectivity index (χ2n) is 7.30. The first-order chi connectivity index (χ1) is 13.5. The molecule has 150 valence electrons. The highest BCUT2D eigenvalue weighted by Crippen LogP contribution is 2.26. The maximum Gasteiger partial charge on any atom is 0.338 e. The fourth-order valence-electron chi connectivity index (χ4n) is 3.50. The zero-order chi connectivity index (χ0) is 20.1. The SMILES string of the molecule is CCC(CCN(C)CCc1ccc2c(c1C)COC2=O)C(=O)Nc1cnsc1. The van der Waals surface area contributed by atoms with Gasteiger partial charge in [-0.15, -0.1) is 0 Å². The Morgan fingerprint density at radius 2 is 2.21 bits per heavy atom. The summed E-state index contributed by atoms with van der Waals surface area (Å²) >= 11 is 1.33. The minimum absolute atomic E-state index is 0.00718. The van der Waals surface area contributed by atoms with Crippen molar-refractivity contribution >= 4 is 29.1 Å². The number of esters is 1. The van der Waals surface area contributed by atoms with E-state index in [-0.39, 0.29) is 17.8 Å². The molecule has 0 fully saturated rings. The Balaban J connectivity index is 1.48. The van der Waals surface area contributed by atoms with Crippen LogP contribution in [0.2, 0.25) is 0 Å². The lowest BCUT2D eigenvalue weighted by Gasteiger charge is -2.21. The van der Waals surface area contributed by atoms with Gasteiger partial charge in [0, 0.05) is 23.4 Å². The monoisotopic (exact) mass is 401 g/mol. The number of ether oxygens (including phenoxy) is 1. The van der Waals surface area contributed by atoms with Crippen LogP contribution in [0.1, 0.15) is 46.8 Å². The van der Waals surface area contributed by atoms with Crippen LogP contribution in [0.5, 0.6) is 0 Å². The summed E-state index contributed by atoms with van der Waals surface area (Å²) in [7, 11) is 2.09. The van der Waals surface area contributed by atoms with Crippen molar-refractivity contribution < 1.29 is 14.3 Å². The number of nitrogens with zero attached hydrogens (tertiary/aromatic N) is 2. The van der Waals surface area contributed by atoms with E-state index in [1.165, 1.54) is 17.1 Å². The van der Waals surface area contributed by atoms with E-state index in [9.17, 15) is 9.59 Å². The fraction of sp³-hybridized carbons (Fsp3) is 0.476. The average Bonchev–Trinajstić information content (AvgIpc) is 3.32. The van der Waals surface area contributed by atoms with Crippen LogP contribution in [-0.2, 0) is 22.6 Å². The summed E-state index contributed by atoms with van der Waals surface area (Å²) in [5.74, 6) is -0.161. The summed E-state index contributed by atoms with van der Waals surface area (Å²) in [5, 5.41) is 4.78. The molecule has 3 rings (SSSR count). The number of benzene rings is 1. The number of carbonyl (C=O) groups excluding carboxylic acids is 2. The molecule has 1 aromatic heterocycles. The largest absolute Gasteiger partial charge is 0.457 e. The van der Waals surface area contributed by atoms with E-state index in [1.54, 1.807) is 6.20 Å². The number of hydrogen-bond donors (Lipinski definition) is 1. The van der Waals surface area contributed by atoms with E-state index in [0.717, 1.165) is 49.2 Å². The minimum Gasteiger partial charge on any atom is -0.457 e. The van der Waals surface area contributed by atoms with Crippen LogP contribution in [-0.4, -0.2) is 41.3 Å². The first-order valence-corrected chi connectivity index (χ1v) is 10.5. The van der Waals surface area contributed by atoms with Crippen molar-refractivity contribution in [3.8, 4) is 0 Å². The predicted molar refractivity (Wildman–Crippen MR) is 111 cm³/mol. The van der Waals surface area contributed by atoms with Crippen molar-refractivity contribution in [3.63, 3.8) is 0 Å². The molecule has 7 heteroatoms. The molecule has 1 atom stereocenters. The average molecular weight is 402 g/mol. The number of fused-ring (bicyclic) bond motifs is 1. The van der Waals surface area contributed by atoms with Crippen LogP contribution < -0.4 is 5.32 Å². The molecule has 2 heterocycles. The number of cyclic esters (lactones) is 1. The van der Waals surface area contributed by atoms with Gasteiger partial charge in [0.15, 0.2) is 0 Å². The summed E-state index contributed by atoms with van der Waals surface area (Å²) < 4.78 is 9.14. The van der Waals surface area contributed by atoms with Crippen LogP contribution in [0.3, 0.4) is 0 Å². The summed E-state index contributed by atoms with van der Waals surface area (Å²) in [6.45, 7) is 6.26. The first kappa shape index (κ1) is 20.5. The second kappa shape index (κ2) is 9.30. The zero-order valence-corrected chi connectivity index (χ0v) is 17.5. The van der Waals surface area contributed by atoms with Gasteiger partial charge in [0.2, 0.25) is 5.91 Å². The van der Waals surface area contributed by atoms with E-state index >= 15 is 0 Å². The van der Waals surface area contributed by atoms with Crippen LogP contribution in [0.25, 0.3) is 0 Å². The van der Waals surface area contributed by atoms with Gasteiger partial charge in [-0.1, -0.05) is 13.0 Å². The lowest BCUT2D eigenvalue weighted by atomic mass is 9.96. The van der Waals surface area contributed by atoms with Crippen molar-refractivity contribution in [3.05, 3.63) is 46.0 Å². The van der Waals surface area contributed by atoms with Crippen molar-refractivity contribution in [1.82, 2.24) is 9.27 Å².